The van der Waals surface area contributed by atoms with Crippen molar-refractivity contribution in [1.29, 1.82) is 0 Å². The second kappa shape index (κ2) is 10.7. The van der Waals surface area contributed by atoms with Crippen LogP contribution in [-0.2, 0) is 25.8 Å². The number of sulfone groups is 1. The number of rotatable bonds is 9. The van der Waals surface area contributed by atoms with Crippen LogP contribution in [0.5, 0.6) is 11.5 Å². The van der Waals surface area contributed by atoms with Crippen molar-refractivity contribution in [2.75, 3.05) is 12.8 Å². The lowest BCUT2D eigenvalue weighted by Gasteiger charge is -2.26. The van der Waals surface area contributed by atoms with Crippen LogP contribution in [0.15, 0.2) is 84.0 Å². The molecule has 1 aromatic heterocycles. The molecule has 1 atom stereocenters. The van der Waals surface area contributed by atoms with Crippen LogP contribution in [0.3, 0.4) is 0 Å². The molecule has 9 nitrogen and oxygen atoms in total. The van der Waals surface area contributed by atoms with Gasteiger partial charge in [-0.1, -0.05) is 18.2 Å². The molecule has 0 aliphatic rings. The monoisotopic (exact) mass is 469 g/mol. The van der Waals surface area contributed by atoms with Gasteiger partial charge in [0.05, 0.1) is 17.1 Å². The van der Waals surface area contributed by atoms with Crippen molar-refractivity contribution in [3.8, 4) is 11.5 Å². The Kier molecular flexibility index (Phi) is 7.75. The highest BCUT2D eigenvalue weighted by atomic mass is 32.2. The highest BCUT2D eigenvalue weighted by Crippen LogP contribution is 2.23. The maximum Gasteiger partial charge on any atom is 0.267 e. The number of para-hydroxylation sites is 1. The van der Waals surface area contributed by atoms with E-state index >= 15 is 0 Å². The molecule has 0 saturated carbocycles. The number of pyridine rings is 1. The number of hydrogen-bond donors (Lipinski definition) is 2. The quantitative estimate of drug-likeness (QED) is 0.363. The summed E-state index contributed by atoms with van der Waals surface area (Å²) in [6.45, 7) is 0. The summed E-state index contributed by atoms with van der Waals surface area (Å²) in [4.78, 5) is 29.7. The summed E-state index contributed by atoms with van der Waals surface area (Å²) < 4.78 is 31.6. The maximum absolute atomic E-state index is 13.0. The fraction of sp³-hybridized carbons (Fsp3) is 0.174. The Morgan fingerprint density at radius 3 is 2.21 bits per heavy atom. The molecule has 0 aliphatic carbocycles. The maximum atomic E-state index is 13.0. The van der Waals surface area contributed by atoms with Crippen LogP contribution in [0.4, 0.5) is 0 Å². The van der Waals surface area contributed by atoms with E-state index in [9.17, 15) is 18.0 Å². The van der Waals surface area contributed by atoms with Crippen LogP contribution in [0.2, 0.25) is 0 Å². The molecule has 2 aromatic carbocycles. The van der Waals surface area contributed by atoms with E-state index in [0.717, 1.165) is 4.90 Å². The van der Waals surface area contributed by atoms with Crippen LogP contribution in [0.25, 0.3) is 0 Å². The first kappa shape index (κ1) is 23.9. The number of carbonyl (C=O) groups excluding carboxylic acids is 2. The number of benzene rings is 2. The minimum absolute atomic E-state index is 0.0476. The van der Waals surface area contributed by atoms with Gasteiger partial charge in [-0.05, 0) is 54.1 Å². The molecule has 0 unspecified atom stereocenters. The molecule has 33 heavy (non-hydrogen) atoms. The standard InChI is InChI=1S/C23H23N3O6S/c1-26(22(27)15-17-11-13-24-14-12-17)21(23(28)25-29)16-33(30,31)20-9-7-19(8-10-20)32-18-5-3-2-4-6-18/h2-14,21,29H,15-16H2,1H3,(H,25,28)/t21-/m0/s1. The van der Waals surface area contributed by atoms with E-state index in [1.807, 2.05) is 18.2 Å². The van der Waals surface area contributed by atoms with E-state index in [-0.39, 0.29) is 11.3 Å². The molecule has 3 rings (SSSR count). The summed E-state index contributed by atoms with van der Waals surface area (Å²) in [5, 5.41) is 9.11. The fourth-order valence-electron chi connectivity index (χ4n) is 3.06. The summed E-state index contributed by atoms with van der Waals surface area (Å²) in [5.74, 6) is -1.17. The van der Waals surface area contributed by atoms with Gasteiger partial charge in [0.25, 0.3) is 5.91 Å². The molecule has 0 radical (unpaired) electrons. The van der Waals surface area contributed by atoms with E-state index in [4.69, 9.17) is 9.94 Å². The summed E-state index contributed by atoms with van der Waals surface area (Å²) in [6.07, 6.45) is 2.99. The topological polar surface area (TPSA) is 126 Å². The van der Waals surface area contributed by atoms with Gasteiger partial charge < -0.3 is 9.64 Å². The lowest BCUT2D eigenvalue weighted by molar-refractivity contribution is -0.141. The fourth-order valence-corrected chi connectivity index (χ4v) is 4.59. The molecule has 0 aliphatic heterocycles. The van der Waals surface area contributed by atoms with Gasteiger partial charge in [0.1, 0.15) is 17.5 Å². The second-order valence-corrected chi connectivity index (χ2v) is 9.23. The van der Waals surface area contributed by atoms with Crippen molar-refractivity contribution in [2.24, 2.45) is 0 Å². The van der Waals surface area contributed by atoms with Crippen molar-refractivity contribution in [3.63, 3.8) is 0 Å². The number of nitrogens with one attached hydrogen (secondary N) is 1. The van der Waals surface area contributed by atoms with Crippen LogP contribution in [0, 0.1) is 0 Å². The van der Waals surface area contributed by atoms with E-state index in [1.54, 1.807) is 24.3 Å². The van der Waals surface area contributed by atoms with Crippen LogP contribution in [0.1, 0.15) is 5.56 Å². The highest BCUT2D eigenvalue weighted by molar-refractivity contribution is 7.91. The van der Waals surface area contributed by atoms with E-state index in [0.29, 0.717) is 17.1 Å². The largest absolute Gasteiger partial charge is 0.457 e. The molecule has 2 amide bonds. The van der Waals surface area contributed by atoms with Crippen molar-refractivity contribution in [3.05, 3.63) is 84.7 Å². The Morgan fingerprint density at radius 2 is 1.61 bits per heavy atom. The molecule has 0 spiro atoms. The number of hydroxylamine groups is 1. The lowest BCUT2D eigenvalue weighted by atomic mass is 10.1. The van der Waals surface area contributed by atoms with Crippen LogP contribution < -0.4 is 10.2 Å². The number of amides is 2. The predicted molar refractivity (Wildman–Crippen MR) is 119 cm³/mol. The first-order valence-electron chi connectivity index (χ1n) is 9.94. The van der Waals surface area contributed by atoms with Crippen molar-refractivity contribution in [2.45, 2.75) is 17.4 Å². The minimum atomic E-state index is -3.99. The number of carbonyl (C=O) groups is 2. The zero-order valence-electron chi connectivity index (χ0n) is 17.8. The summed E-state index contributed by atoms with van der Waals surface area (Å²) in [6, 6.07) is 16.6. The summed E-state index contributed by atoms with van der Waals surface area (Å²) in [5.41, 5.74) is 2.10. The Bertz CT molecular complexity index is 1190. The predicted octanol–water partition coefficient (Wildman–Crippen LogP) is 2.22. The average molecular weight is 470 g/mol. The molecule has 0 saturated heterocycles. The van der Waals surface area contributed by atoms with Gasteiger partial charge >= 0.3 is 0 Å². The number of aromatic nitrogens is 1. The minimum Gasteiger partial charge on any atom is -0.457 e. The van der Waals surface area contributed by atoms with Gasteiger partial charge in [-0.2, -0.15) is 0 Å². The zero-order valence-corrected chi connectivity index (χ0v) is 18.6. The third-order valence-electron chi connectivity index (χ3n) is 4.92. The van der Waals surface area contributed by atoms with E-state index < -0.39 is 33.4 Å². The Morgan fingerprint density at radius 1 is 1.00 bits per heavy atom. The number of ether oxygens (including phenoxy) is 1. The Balaban J connectivity index is 1.74. The zero-order chi connectivity index (χ0) is 23.8. The first-order valence-corrected chi connectivity index (χ1v) is 11.6. The van der Waals surface area contributed by atoms with Gasteiger partial charge in [-0.3, -0.25) is 19.8 Å². The van der Waals surface area contributed by atoms with Crippen molar-refractivity contribution >= 4 is 21.7 Å². The first-order chi connectivity index (χ1) is 15.8. The molecule has 0 bridgehead atoms. The highest BCUT2D eigenvalue weighted by Gasteiger charge is 2.32. The summed E-state index contributed by atoms with van der Waals surface area (Å²) >= 11 is 0. The van der Waals surface area contributed by atoms with Gasteiger partial charge in [-0.25, -0.2) is 13.9 Å². The Labute approximate surface area is 191 Å². The molecule has 10 heteroatoms. The SMILES string of the molecule is CN(C(=O)Cc1ccncc1)[C@@H](CS(=O)(=O)c1ccc(Oc2ccccc2)cc1)C(=O)NO. The molecule has 1 heterocycles. The van der Waals surface area contributed by atoms with Gasteiger partial charge in [0.15, 0.2) is 9.84 Å². The third-order valence-corrected chi connectivity index (χ3v) is 6.66. The van der Waals surface area contributed by atoms with E-state index in [1.165, 1.54) is 49.2 Å². The summed E-state index contributed by atoms with van der Waals surface area (Å²) in [7, 11) is -2.67. The average Bonchev–Trinajstić information content (AvgIpc) is 2.83. The molecule has 172 valence electrons. The Hall–Kier alpha value is -3.76. The third kappa shape index (κ3) is 6.37. The van der Waals surface area contributed by atoms with Gasteiger partial charge in [0.2, 0.25) is 5.91 Å². The van der Waals surface area contributed by atoms with Gasteiger partial charge in [0, 0.05) is 19.4 Å². The number of hydrogen-bond acceptors (Lipinski definition) is 7. The van der Waals surface area contributed by atoms with Crippen molar-refractivity contribution in [1.82, 2.24) is 15.4 Å². The van der Waals surface area contributed by atoms with Crippen LogP contribution >= 0.6 is 0 Å². The molecule has 0 fully saturated rings. The van der Waals surface area contributed by atoms with Gasteiger partial charge in [-0.15, -0.1) is 0 Å². The van der Waals surface area contributed by atoms with Crippen LogP contribution in [-0.4, -0.2) is 54.2 Å². The second-order valence-electron chi connectivity index (χ2n) is 7.20. The number of likely N-dealkylation sites (N-methyl/N-ethyl adjacent to an activating group) is 1. The molecular formula is C23H23N3O6S. The number of nitrogens with zero attached hydrogens (tertiary/aromatic N) is 2. The normalized spacial score (nSPS) is 11.9. The molecular weight excluding hydrogens is 446 g/mol. The molecule has 3 aromatic rings. The smallest absolute Gasteiger partial charge is 0.267 e. The lowest BCUT2D eigenvalue weighted by Crippen LogP contribution is -2.51. The van der Waals surface area contributed by atoms with E-state index in [2.05, 4.69) is 4.98 Å². The molecule has 2 N–H and O–H groups in total. The van der Waals surface area contributed by atoms with Crippen molar-refractivity contribution < 1.29 is 28.0 Å².